The third-order valence-corrected chi connectivity index (χ3v) is 3.92. The largest absolute Gasteiger partial charge is 0.369 e. The molecule has 0 aliphatic carbocycles. The molecule has 1 heterocycles. The van der Waals surface area contributed by atoms with Gasteiger partial charge in [0.1, 0.15) is 5.82 Å². The van der Waals surface area contributed by atoms with Crippen LogP contribution in [-0.2, 0) is 0 Å². The van der Waals surface area contributed by atoms with E-state index in [1.807, 2.05) is 23.1 Å². The molecule has 0 saturated carbocycles. The molecule has 5 heteroatoms. The van der Waals surface area contributed by atoms with Crippen LogP contribution < -0.4 is 10.6 Å². The lowest BCUT2D eigenvalue weighted by molar-refractivity contribution is 0.612. The number of benzene rings is 2. The molecular formula is C16H15ClFN3. The monoisotopic (exact) mass is 303 g/mol. The number of hydrogen-bond donors (Lipinski definition) is 1. The van der Waals surface area contributed by atoms with E-state index in [0.29, 0.717) is 23.1 Å². The molecule has 3 nitrogen and oxygen atoms in total. The first-order valence-electron chi connectivity index (χ1n) is 6.67. The number of aryl methyl sites for hydroxylation is 1. The first kappa shape index (κ1) is 13.9. The predicted molar refractivity (Wildman–Crippen MR) is 84.3 cm³/mol. The zero-order chi connectivity index (χ0) is 15.0. The van der Waals surface area contributed by atoms with Crippen molar-refractivity contribution in [3.05, 3.63) is 64.4 Å². The van der Waals surface area contributed by atoms with E-state index in [2.05, 4.69) is 4.99 Å². The van der Waals surface area contributed by atoms with Crippen molar-refractivity contribution in [3.8, 4) is 0 Å². The molecule has 2 aromatic carbocycles. The molecule has 3 rings (SSSR count). The number of halogens is 2. The smallest absolute Gasteiger partial charge is 0.196 e. The molecule has 0 amide bonds. The lowest BCUT2D eigenvalue weighted by Gasteiger charge is -2.27. The van der Waals surface area contributed by atoms with Crippen molar-refractivity contribution in [3.63, 3.8) is 0 Å². The minimum atomic E-state index is -0.214. The van der Waals surface area contributed by atoms with Crippen molar-refractivity contribution in [2.45, 2.75) is 13.0 Å². The van der Waals surface area contributed by atoms with Gasteiger partial charge in [0.05, 0.1) is 12.6 Å². The van der Waals surface area contributed by atoms with E-state index < -0.39 is 0 Å². The van der Waals surface area contributed by atoms with Crippen molar-refractivity contribution >= 4 is 23.2 Å². The van der Waals surface area contributed by atoms with Gasteiger partial charge in [0.25, 0.3) is 0 Å². The third-order valence-electron chi connectivity index (χ3n) is 3.67. The van der Waals surface area contributed by atoms with Crippen molar-refractivity contribution in [2.75, 3.05) is 11.4 Å². The highest BCUT2D eigenvalue weighted by molar-refractivity contribution is 6.30. The maximum atomic E-state index is 13.8. The van der Waals surface area contributed by atoms with E-state index in [0.717, 1.165) is 11.3 Å². The maximum Gasteiger partial charge on any atom is 0.196 e. The predicted octanol–water partition coefficient (Wildman–Crippen LogP) is 3.66. The Morgan fingerprint density at radius 2 is 1.95 bits per heavy atom. The lowest BCUT2D eigenvalue weighted by atomic mass is 10.0. The summed E-state index contributed by atoms with van der Waals surface area (Å²) in [4.78, 5) is 6.19. The summed E-state index contributed by atoms with van der Waals surface area (Å²) in [5.74, 6) is 0.220. The number of rotatable bonds is 2. The maximum absolute atomic E-state index is 13.8. The van der Waals surface area contributed by atoms with E-state index in [9.17, 15) is 4.39 Å². The zero-order valence-corrected chi connectivity index (χ0v) is 12.3. The molecule has 1 aliphatic heterocycles. The molecule has 0 radical (unpaired) electrons. The van der Waals surface area contributed by atoms with Crippen molar-refractivity contribution < 1.29 is 4.39 Å². The average Bonchev–Trinajstić information content (AvgIpc) is 2.85. The van der Waals surface area contributed by atoms with Crippen LogP contribution >= 0.6 is 11.6 Å². The minimum absolute atomic E-state index is 0.0960. The van der Waals surface area contributed by atoms with Gasteiger partial charge >= 0.3 is 0 Å². The standard InChI is InChI=1S/C16H15ClFN3/c1-10-2-3-11(8-14(10)18)15-9-20-16(19)21(15)13-6-4-12(17)5-7-13/h2-8,15H,9H2,1H3,(H2,19,20). The summed E-state index contributed by atoms with van der Waals surface area (Å²) in [5.41, 5.74) is 8.37. The Kier molecular flexibility index (Phi) is 3.55. The first-order chi connectivity index (χ1) is 10.1. The van der Waals surface area contributed by atoms with E-state index in [1.54, 1.807) is 31.2 Å². The molecule has 1 atom stereocenters. The molecule has 0 saturated heterocycles. The molecule has 2 N–H and O–H groups in total. The summed E-state index contributed by atoms with van der Waals surface area (Å²) < 4.78 is 13.8. The van der Waals surface area contributed by atoms with Gasteiger partial charge in [-0.2, -0.15) is 0 Å². The Hall–Kier alpha value is -2.07. The molecule has 21 heavy (non-hydrogen) atoms. The van der Waals surface area contributed by atoms with Gasteiger partial charge in [0.15, 0.2) is 5.96 Å². The molecule has 1 aliphatic rings. The zero-order valence-electron chi connectivity index (χ0n) is 11.6. The van der Waals surface area contributed by atoms with Crippen molar-refractivity contribution in [2.24, 2.45) is 10.7 Å². The fraction of sp³-hybridized carbons (Fsp3) is 0.188. The van der Waals surface area contributed by atoms with Gasteiger partial charge in [0, 0.05) is 10.7 Å². The van der Waals surface area contributed by atoms with Crippen LogP contribution in [0, 0.1) is 12.7 Å². The van der Waals surface area contributed by atoms with Crippen LogP contribution in [0.2, 0.25) is 5.02 Å². The van der Waals surface area contributed by atoms with Gasteiger partial charge in [-0.25, -0.2) is 4.39 Å². The molecule has 2 aromatic rings. The Bertz CT molecular complexity index is 697. The van der Waals surface area contributed by atoms with Crippen LogP contribution in [0.5, 0.6) is 0 Å². The van der Waals surface area contributed by atoms with Crippen LogP contribution in [0.25, 0.3) is 0 Å². The number of nitrogens with two attached hydrogens (primary N) is 1. The van der Waals surface area contributed by atoms with Crippen molar-refractivity contribution in [1.29, 1.82) is 0 Å². The molecule has 0 aromatic heterocycles. The molecule has 1 unspecified atom stereocenters. The topological polar surface area (TPSA) is 41.6 Å². The number of nitrogens with zero attached hydrogens (tertiary/aromatic N) is 2. The summed E-state index contributed by atoms with van der Waals surface area (Å²) in [7, 11) is 0. The van der Waals surface area contributed by atoms with Gasteiger partial charge < -0.3 is 10.6 Å². The van der Waals surface area contributed by atoms with E-state index in [-0.39, 0.29) is 11.9 Å². The summed E-state index contributed by atoms with van der Waals surface area (Å²) in [5, 5.41) is 0.659. The number of aliphatic imine (C=N–C) groups is 1. The van der Waals surface area contributed by atoms with Crippen LogP contribution in [0.3, 0.4) is 0 Å². The Morgan fingerprint density at radius 1 is 1.24 bits per heavy atom. The van der Waals surface area contributed by atoms with Crippen LogP contribution in [0.15, 0.2) is 47.5 Å². The normalized spacial score (nSPS) is 18.0. The summed E-state index contributed by atoms with van der Waals surface area (Å²) in [6.07, 6.45) is 0. The summed E-state index contributed by atoms with van der Waals surface area (Å²) >= 11 is 5.92. The van der Waals surface area contributed by atoms with Crippen LogP contribution in [0.4, 0.5) is 10.1 Å². The van der Waals surface area contributed by atoms with E-state index in [4.69, 9.17) is 17.3 Å². The number of guanidine groups is 1. The fourth-order valence-electron chi connectivity index (χ4n) is 2.48. The molecule has 0 spiro atoms. The van der Waals surface area contributed by atoms with Gasteiger partial charge in [-0.05, 0) is 48.4 Å². The van der Waals surface area contributed by atoms with E-state index >= 15 is 0 Å². The summed E-state index contributed by atoms with van der Waals surface area (Å²) in [6.45, 7) is 2.26. The Labute approximate surface area is 127 Å². The lowest BCUT2D eigenvalue weighted by Crippen LogP contribution is -2.36. The van der Waals surface area contributed by atoms with Gasteiger partial charge in [-0.15, -0.1) is 0 Å². The van der Waals surface area contributed by atoms with Crippen molar-refractivity contribution in [1.82, 2.24) is 0 Å². The SMILES string of the molecule is Cc1ccc(C2CN=C(N)N2c2ccc(Cl)cc2)cc1F. The quantitative estimate of drug-likeness (QED) is 0.920. The summed E-state index contributed by atoms with van der Waals surface area (Å²) in [6, 6.07) is 12.5. The molecular weight excluding hydrogens is 289 g/mol. The Balaban J connectivity index is 1.98. The third kappa shape index (κ3) is 2.59. The van der Waals surface area contributed by atoms with Gasteiger partial charge in [-0.1, -0.05) is 23.7 Å². The Morgan fingerprint density at radius 3 is 2.62 bits per heavy atom. The highest BCUT2D eigenvalue weighted by Gasteiger charge is 2.29. The number of hydrogen-bond acceptors (Lipinski definition) is 3. The van der Waals surface area contributed by atoms with Gasteiger partial charge in [0.2, 0.25) is 0 Å². The van der Waals surface area contributed by atoms with E-state index in [1.165, 1.54) is 0 Å². The second kappa shape index (κ2) is 5.37. The second-order valence-corrected chi connectivity index (χ2v) is 5.51. The first-order valence-corrected chi connectivity index (χ1v) is 7.05. The average molecular weight is 304 g/mol. The molecule has 0 bridgehead atoms. The highest BCUT2D eigenvalue weighted by Crippen LogP contribution is 2.32. The fourth-order valence-corrected chi connectivity index (χ4v) is 2.61. The molecule has 0 fully saturated rings. The molecule has 108 valence electrons. The van der Waals surface area contributed by atoms with Crippen LogP contribution in [-0.4, -0.2) is 12.5 Å². The number of anilines is 1. The second-order valence-electron chi connectivity index (χ2n) is 5.07. The van der Waals surface area contributed by atoms with Crippen LogP contribution in [0.1, 0.15) is 17.2 Å². The minimum Gasteiger partial charge on any atom is -0.369 e. The van der Waals surface area contributed by atoms with Gasteiger partial charge in [-0.3, -0.25) is 4.99 Å². The highest BCUT2D eigenvalue weighted by atomic mass is 35.5.